The molecule has 1 aromatic carbocycles. The van der Waals surface area contributed by atoms with Crippen LogP contribution in [0.15, 0.2) is 18.2 Å². The first kappa shape index (κ1) is 12.7. The van der Waals surface area contributed by atoms with Crippen LogP contribution in [0.3, 0.4) is 0 Å². The third kappa shape index (κ3) is 3.14. The Bertz CT molecular complexity index is 378. The van der Waals surface area contributed by atoms with Crippen molar-refractivity contribution in [2.75, 3.05) is 25.5 Å². The maximum absolute atomic E-state index is 6.27. The fraction of sp³-hybridized carbons (Fsp3) is 0.571. The fourth-order valence-corrected chi connectivity index (χ4v) is 2.61. The summed E-state index contributed by atoms with van der Waals surface area (Å²) >= 11 is 6.27. The average molecular weight is 253 g/mol. The van der Waals surface area contributed by atoms with E-state index < -0.39 is 0 Å². The summed E-state index contributed by atoms with van der Waals surface area (Å²) < 4.78 is 0. The largest absolute Gasteiger partial charge is 0.382 e. The Morgan fingerprint density at radius 2 is 2.24 bits per heavy atom. The third-order valence-corrected chi connectivity index (χ3v) is 4.14. The minimum atomic E-state index is 0.639. The summed E-state index contributed by atoms with van der Waals surface area (Å²) in [6, 6.07) is 6.78. The van der Waals surface area contributed by atoms with Crippen molar-refractivity contribution < 1.29 is 0 Å². The normalized spacial score (nSPS) is 21.5. The van der Waals surface area contributed by atoms with Crippen molar-refractivity contribution >= 4 is 17.3 Å². The van der Waals surface area contributed by atoms with Crippen molar-refractivity contribution in [1.82, 2.24) is 4.90 Å². The van der Waals surface area contributed by atoms with Crippen LogP contribution in [0.1, 0.15) is 24.8 Å². The molecule has 0 amide bonds. The summed E-state index contributed by atoms with van der Waals surface area (Å²) in [6.07, 6.45) is 3.96. The molecule has 1 atom stereocenters. The summed E-state index contributed by atoms with van der Waals surface area (Å²) in [6.45, 7) is 4.24. The molecule has 94 valence electrons. The molecule has 2 rings (SSSR count). The second-order valence-corrected chi connectivity index (χ2v) is 5.33. The topological polar surface area (TPSA) is 15.3 Å². The van der Waals surface area contributed by atoms with Gasteiger partial charge in [-0.25, -0.2) is 0 Å². The predicted molar refractivity (Wildman–Crippen MR) is 74.9 cm³/mol. The number of rotatable bonds is 3. The standard InChI is InChI=1S/C14H21ClN2/c1-11-6-5-8-13(14(11)15)16-10-12-7-3-4-9-17(12)2/h5-6,8,12,16H,3-4,7,9-10H2,1-2H3. The number of nitrogens with one attached hydrogen (secondary N) is 1. The summed E-state index contributed by atoms with van der Waals surface area (Å²) in [5, 5.41) is 4.33. The van der Waals surface area contributed by atoms with Crippen molar-refractivity contribution in [1.29, 1.82) is 0 Å². The van der Waals surface area contributed by atoms with E-state index >= 15 is 0 Å². The van der Waals surface area contributed by atoms with Gasteiger partial charge in [-0.2, -0.15) is 0 Å². The van der Waals surface area contributed by atoms with E-state index in [1.807, 2.05) is 19.1 Å². The molecule has 1 fully saturated rings. The molecule has 1 aliphatic rings. The van der Waals surface area contributed by atoms with Crippen LogP contribution in [0, 0.1) is 6.92 Å². The smallest absolute Gasteiger partial charge is 0.0666 e. The Labute approximate surface area is 109 Å². The molecule has 1 N–H and O–H groups in total. The lowest BCUT2D eigenvalue weighted by atomic mass is 10.0. The molecule has 2 nitrogen and oxygen atoms in total. The summed E-state index contributed by atoms with van der Waals surface area (Å²) in [7, 11) is 2.21. The molecule has 17 heavy (non-hydrogen) atoms. The number of likely N-dealkylation sites (tertiary alicyclic amines) is 1. The van der Waals surface area contributed by atoms with Crippen LogP contribution in [-0.2, 0) is 0 Å². The van der Waals surface area contributed by atoms with Crippen LogP contribution >= 0.6 is 11.6 Å². The molecule has 3 heteroatoms. The van der Waals surface area contributed by atoms with Crippen LogP contribution in [0.5, 0.6) is 0 Å². The van der Waals surface area contributed by atoms with Crippen molar-refractivity contribution in [3.63, 3.8) is 0 Å². The molecule has 1 heterocycles. The number of aryl methyl sites for hydroxylation is 1. The van der Waals surface area contributed by atoms with E-state index in [-0.39, 0.29) is 0 Å². The van der Waals surface area contributed by atoms with Gasteiger partial charge in [0, 0.05) is 12.6 Å². The van der Waals surface area contributed by atoms with Gasteiger partial charge in [0.2, 0.25) is 0 Å². The Kier molecular flexibility index (Phi) is 4.30. The van der Waals surface area contributed by atoms with Crippen LogP contribution in [-0.4, -0.2) is 31.1 Å². The Hall–Kier alpha value is -0.730. The molecule has 0 radical (unpaired) electrons. The summed E-state index contributed by atoms with van der Waals surface area (Å²) in [5.41, 5.74) is 2.19. The first-order chi connectivity index (χ1) is 8.18. The third-order valence-electron chi connectivity index (χ3n) is 3.64. The number of piperidine rings is 1. The molecule has 1 aliphatic heterocycles. The van der Waals surface area contributed by atoms with Crippen molar-refractivity contribution in [3.05, 3.63) is 28.8 Å². The molecular formula is C14H21ClN2. The number of hydrogen-bond donors (Lipinski definition) is 1. The van der Waals surface area contributed by atoms with E-state index in [1.54, 1.807) is 0 Å². The van der Waals surface area contributed by atoms with E-state index in [9.17, 15) is 0 Å². The van der Waals surface area contributed by atoms with Gasteiger partial charge in [0.15, 0.2) is 0 Å². The van der Waals surface area contributed by atoms with Gasteiger partial charge in [0.05, 0.1) is 10.7 Å². The highest BCUT2D eigenvalue weighted by atomic mass is 35.5. The van der Waals surface area contributed by atoms with Gasteiger partial charge in [-0.1, -0.05) is 30.2 Å². The SMILES string of the molecule is Cc1cccc(NCC2CCCCN2C)c1Cl. The number of benzene rings is 1. The van der Waals surface area contributed by atoms with E-state index in [1.165, 1.54) is 25.8 Å². The van der Waals surface area contributed by atoms with Gasteiger partial charge < -0.3 is 10.2 Å². The molecule has 0 spiro atoms. The van der Waals surface area contributed by atoms with Crippen molar-refractivity contribution in [2.45, 2.75) is 32.2 Å². The predicted octanol–water partition coefficient (Wildman–Crippen LogP) is 3.54. The number of likely N-dealkylation sites (N-methyl/N-ethyl adjacent to an activating group) is 1. The van der Waals surface area contributed by atoms with Crippen LogP contribution in [0.2, 0.25) is 5.02 Å². The highest BCUT2D eigenvalue weighted by Gasteiger charge is 2.18. The Balaban J connectivity index is 1.95. The van der Waals surface area contributed by atoms with E-state index in [0.29, 0.717) is 6.04 Å². The van der Waals surface area contributed by atoms with Crippen LogP contribution < -0.4 is 5.32 Å². The second-order valence-electron chi connectivity index (χ2n) is 4.95. The lowest BCUT2D eigenvalue weighted by Gasteiger charge is -2.32. The number of anilines is 1. The van der Waals surface area contributed by atoms with Crippen molar-refractivity contribution in [3.8, 4) is 0 Å². The van der Waals surface area contributed by atoms with E-state index in [4.69, 9.17) is 11.6 Å². The molecule has 1 saturated heterocycles. The van der Waals surface area contributed by atoms with E-state index in [0.717, 1.165) is 22.8 Å². The van der Waals surface area contributed by atoms with Gasteiger partial charge >= 0.3 is 0 Å². The van der Waals surface area contributed by atoms with Crippen molar-refractivity contribution in [2.24, 2.45) is 0 Å². The molecule has 0 saturated carbocycles. The lowest BCUT2D eigenvalue weighted by Crippen LogP contribution is -2.40. The zero-order chi connectivity index (χ0) is 12.3. The van der Waals surface area contributed by atoms with Gasteiger partial charge in [0.25, 0.3) is 0 Å². The van der Waals surface area contributed by atoms with Gasteiger partial charge in [-0.3, -0.25) is 0 Å². The highest BCUT2D eigenvalue weighted by Crippen LogP contribution is 2.25. The van der Waals surface area contributed by atoms with Crippen LogP contribution in [0.25, 0.3) is 0 Å². The molecule has 0 aliphatic carbocycles. The number of halogens is 1. The number of hydrogen-bond acceptors (Lipinski definition) is 2. The Morgan fingerprint density at radius 1 is 1.41 bits per heavy atom. The average Bonchev–Trinajstić information content (AvgIpc) is 2.33. The highest BCUT2D eigenvalue weighted by molar-refractivity contribution is 6.33. The minimum absolute atomic E-state index is 0.639. The zero-order valence-electron chi connectivity index (χ0n) is 10.7. The van der Waals surface area contributed by atoms with Gasteiger partial charge in [-0.15, -0.1) is 0 Å². The second kappa shape index (κ2) is 5.74. The van der Waals surface area contributed by atoms with Gasteiger partial charge in [-0.05, 0) is 45.0 Å². The first-order valence-corrected chi connectivity index (χ1v) is 6.75. The quantitative estimate of drug-likeness (QED) is 0.885. The summed E-state index contributed by atoms with van der Waals surface area (Å²) in [5.74, 6) is 0. The molecule has 0 aromatic heterocycles. The van der Waals surface area contributed by atoms with E-state index in [2.05, 4.69) is 23.3 Å². The maximum Gasteiger partial charge on any atom is 0.0666 e. The van der Waals surface area contributed by atoms with Gasteiger partial charge in [0.1, 0.15) is 0 Å². The zero-order valence-corrected chi connectivity index (χ0v) is 11.4. The minimum Gasteiger partial charge on any atom is -0.382 e. The summed E-state index contributed by atoms with van der Waals surface area (Å²) in [4.78, 5) is 2.44. The molecule has 1 unspecified atom stereocenters. The molecule has 1 aromatic rings. The molecule has 0 bridgehead atoms. The number of nitrogens with zero attached hydrogens (tertiary/aromatic N) is 1. The maximum atomic E-state index is 6.27. The lowest BCUT2D eigenvalue weighted by molar-refractivity contribution is 0.194. The molecular weight excluding hydrogens is 232 g/mol. The Morgan fingerprint density at radius 3 is 3.00 bits per heavy atom. The first-order valence-electron chi connectivity index (χ1n) is 6.37. The van der Waals surface area contributed by atoms with Crippen LogP contribution in [0.4, 0.5) is 5.69 Å². The monoisotopic (exact) mass is 252 g/mol. The fourth-order valence-electron chi connectivity index (χ4n) is 2.41.